The van der Waals surface area contributed by atoms with Gasteiger partial charge in [0.1, 0.15) is 17.0 Å². The van der Waals surface area contributed by atoms with E-state index in [-0.39, 0.29) is 6.09 Å². The maximum atomic E-state index is 13.7. The molecule has 0 aliphatic carbocycles. The van der Waals surface area contributed by atoms with E-state index in [1.165, 1.54) is 0 Å². The quantitative estimate of drug-likeness (QED) is 0.250. The molecule has 1 aliphatic rings. The Morgan fingerprint density at radius 2 is 1.32 bits per heavy atom. The topological polar surface area (TPSA) is 103 Å². The standard InChI is InChI=1S/C34H42N6O4/c1-21-16-25(17-22(2)37-21)30-23(3)29-27(40(30)32(42)44-34(7,8)9)18-26(20-36-29)24-10-11-28(35-19-24)38-12-14-39(15-13-38)31(41)43-33(4,5)6/h10-11,16-20H,12-15H2,1-9H3. The number of aromatic nitrogens is 4. The van der Waals surface area contributed by atoms with E-state index in [4.69, 9.17) is 19.4 Å². The fourth-order valence-corrected chi connectivity index (χ4v) is 5.47. The van der Waals surface area contributed by atoms with Gasteiger partial charge in [-0.25, -0.2) is 19.1 Å². The van der Waals surface area contributed by atoms with Crippen molar-refractivity contribution < 1.29 is 19.1 Å². The minimum absolute atomic E-state index is 0.285. The first-order valence-corrected chi connectivity index (χ1v) is 15.0. The molecule has 0 saturated carbocycles. The van der Waals surface area contributed by atoms with Crippen LogP contribution in [-0.2, 0) is 9.47 Å². The minimum Gasteiger partial charge on any atom is -0.444 e. The summed E-state index contributed by atoms with van der Waals surface area (Å²) in [5.41, 5.74) is 6.17. The van der Waals surface area contributed by atoms with E-state index in [2.05, 4.69) is 9.88 Å². The first-order chi connectivity index (χ1) is 20.6. The number of carbonyl (C=O) groups is 2. The Morgan fingerprint density at radius 1 is 0.727 bits per heavy atom. The summed E-state index contributed by atoms with van der Waals surface area (Å²) in [6, 6.07) is 9.92. The Morgan fingerprint density at radius 3 is 1.89 bits per heavy atom. The summed E-state index contributed by atoms with van der Waals surface area (Å²) >= 11 is 0. The van der Waals surface area contributed by atoms with Gasteiger partial charge in [0.05, 0.1) is 16.7 Å². The summed E-state index contributed by atoms with van der Waals surface area (Å²) < 4.78 is 13.0. The summed E-state index contributed by atoms with van der Waals surface area (Å²) in [6.07, 6.45) is 2.89. The van der Waals surface area contributed by atoms with Crippen molar-refractivity contribution in [2.45, 2.75) is 73.5 Å². The fraction of sp³-hybridized carbons (Fsp3) is 0.441. The Balaban J connectivity index is 1.45. The van der Waals surface area contributed by atoms with Crippen LogP contribution in [0.4, 0.5) is 15.4 Å². The van der Waals surface area contributed by atoms with Crippen LogP contribution in [0.5, 0.6) is 0 Å². The predicted octanol–water partition coefficient (Wildman–Crippen LogP) is 6.93. The third kappa shape index (κ3) is 6.69. The fourth-order valence-electron chi connectivity index (χ4n) is 5.47. The number of nitrogens with zero attached hydrogens (tertiary/aromatic N) is 6. The average Bonchev–Trinajstić information content (AvgIpc) is 3.22. The molecule has 0 unspecified atom stereocenters. The lowest BCUT2D eigenvalue weighted by Gasteiger charge is -2.36. The number of amides is 1. The van der Waals surface area contributed by atoms with E-state index in [0.29, 0.717) is 31.7 Å². The summed E-state index contributed by atoms with van der Waals surface area (Å²) in [6.45, 7) is 19.5. The van der Waals surface area contributed by atoms with Gasteiger partial charge in [0.25, 0.3) is 0 Å². The van der Waals surface area contributed by atoms with E-state index >= 15 is 0 Å². The Labute approximate surface area is 259 Å². The molecule has 5 rings (SSSR count). The van der Waals surface area contributed by atoms with Gasteiger partial charge in [0.15, 0.2) is 0 Å². The predicted molar refractivity (Wildman–Crippen MR) is 172 cm³/mol. The lowest BCUT2D eigenvalue weighted by atomic mass is 10.1. The van der Waals surface area contributed by atoms with Gasteiger partial charge in [-0.2, -0.15) is 0 Å². The number of hydrogen-bond donors (Lipinski definition) is 0. The zero-order valence-corrected chi connectivity index (χ0v) is 27.2. The number of piperazine rings is 1. The first-order valence-electron chi connectivity index (χ1n) is 15.0. The van der Waals surface area contributed by atoms with Gasteiger partial charge in [-0.1, -0.05) is 0 Å². The highest BCUT2D eigenvalue weighted by Gasteiger charge is 2.28. The highest BCUT2D eigenvalue weighted by molar-refractivity contribution is 5.99. The van der Waals surface area contributed by atoms with Gasteiger partial charge in [-0.05, 0) is 92.6 Å². The highest BCUT2D eigenvalue weighted by Crippen LogP contribution is 2.35. The monoisotopic (exact) mass is 598 g/mol. The van der Waals surface area contributed by atoms with Crippen molar-refractivity contribution in [3.8, 4) is 22.4 Å². The van der Waals surface area contributed by atoms with Gasteiger partial charge in [0.2, 0.25) is 0 Å². The molecule has 1 fully saturated rings. The average molecular weight is 599 g/mol. The summed E-state index contributed by atoms with van der Waals surface area (Å²) in [7, 11) is 0. The molecule has 5 heterocycles. The van der Waals surface area contributed by atoms with Crippen LogP contribution in [0, 0.1) is 20.8 Å². The van der Waals surface area contributed by atoms with Crippen LogP contribution in [-0.4, -0.2) is 74.0 Å². The van der Waals surface area contributed by atoms with Crippen LogP contribution < -0.4 is 4.90 Å². The molecule has 232 valence electrons. The van der Waals surface area contributed by atoms with Crippen LogP contribution in [0.25, 0.3) is 33.4 Å². The third-order valence-electron chi connectivity index (χ3n) is 7.31. The molecule has 1 aliphatic heterocycles. The molecule has 0 bridgehead atoms. The van der Waals surface area contributed by atoms with Crippen molar-refractivity contribution in [2.24, 2.45) is 0 Å². The molecule has 4 aromatic rings. The Kier molecular flexibility index (Phi) is 8.13. The molecule has 44 heavy (non-hydrogen) atoms. The maximum Gasteiger partial charge on any atom is 0.419 e. The van der Waals surface area contributed by atoms with E-state index in [1.807, 2.05) is 105 Å². The molecule has 0 radical (unpaired) electrons. The number of aryl methyl sites for hydroxylation is 3. The second-order valence-electron chi connectivity index (χ2n) is 13.4. The van der Waals surface area contributed by atoms with E-state index in [9.17, 15) is 9.59 Å². The molecular formula is C34H42N6O4. The zero-order valence-electron chi connectivity index (χ0n) is 27.2. The van der Waals surface area contributed by atoms with Gasteiger partial charge in [-0.3, -0.25) is 9.97 Å². The number of anilines is 1. The summed E-state index contributed by atoms with van der Waals surface area (Å²) in [5.74, 6) is 0.838. The number of fused-ring (bicyclic) bond motifs is 1. The van der Waals surface area contributed by atoms with Crippen LogP contribution >= 0.6 is 0 Å². The molecule has 0 atom stereocenters. The number of pyridine rings is 3. The number of hydrogen-bond acceptors (Lipinski definition) is 8. The molecule has 10 heteroatoms. The molecule has 0 spiro atoms. The van der Waals surface area contributed by atoms with Gasteiger partial charge < -0.3 is 19.3 Å². The number of rotatable bonds is 3. The van der Waals surface area contributed by atoms with Crippen molar-refractivity contribution in [1.29, 1.82) is 0 Å². The largest absolute Gasteiger partial charge is 0.444 e. The lowest BCUT2D eigenvalue weighted by molar-refractivity contribution is 0.0240. The van der Waals surface area contributed by atoms with Crippen LogP contribution in [0.3, 0.4) is 0 Å². The van der Waals surface area contributed by atoms with Crippen LogP contribution in [0.2, 0.25) is 0 Å². The van der Waals surface area contributed by atoms with Crippen molar-refractivity contribution in [1.82, 2.24) is 24.4 Å². The summed E-state index contributed by atoms with van der Waals surface area (Å²) in [4.78, 5) is 44.1. The maximum absolute atomic E-state index is 13.7. The Hall–Kier alpha value is -4.47. The van der Waals surface area contributed by atoms with Crippen LogP contribution in [0.15, 0.2) is 42.7 Å². The number of ether oxygens (including phenoxy) is 2. The molecule has 0 N–H and O–H groups in total. The molecule has 4 aromatic heterocycles. The zero-order chi connectivity index (χ0) is 32.0. The van der Waals surface area contributed by atoms with Crippen molar-refractivity contribution >= 4 is 29.0 Å². The second kappa shape index (κ2) is 11.6. The smallest absolute Gasteiger partial charge is 0.419 e. The first kappa shape index (κ1) is 31.0. The van der Waals surface area contributed by atoms with Crippen molar-refractivity contribution in [2.75, 3.05) is 31.1 Å². The van der Waals surface area contributed by atoms with Crippen molar-refractivity contribution in [3.05, 3.63) is 59.7 Å². The van der Waals surface area contributed by atoms with Crippen molar-refractivity contribution in [3.63, 3.8) is 0 Å². The molecule has 1 saturated heterocycles. The SMILES string of the molecule is Cc1cc(-c2c(C)c3ncc(-c4ccc(N5CCN(C(=O)OC(C)(C)C)CC5)nc4)cc3n2C(=O)OC(C)(C)C)cc(C)n1. The minimum atomic E-state index is -0.674. The Bertz CT molecular complexity index is 1680. The normalized spacial score (nSPS) is 14.2. The molecular weight excluding hydrogens is 556 g/mol. The van der Waals surface area contributed by atoms with Gasteiger partial charge in [0, 0.05) is 72.2 Å². The van der Waals surface area contributed by atoms with E-state index in [1.54, 1.807) is 9.47 Å². The van der Waals surface area contributed by atoms with Gasteiger partial charge in [-0.15, -0.1) is 0 Å². The molecule has 1 amide bonds. The lowest BCUT2D eigenvalue weighted by Crippen LogP contribution is -2.50. The second-order valence-corrected chi connectivity index (χ2v) is 13.4. The molecule has 0 aromatic carbocycles. The van der Waals surface area contributed by atoms with E-state index < -0.39 is 17.3 Å². The molecule has 10 nitrogen and oxygen atoms in total. The van der Waals surface area contributed by atoms with E-state index in [0.717, 1.165) is 50.7 Å². The number of carbonyl (C=O) groups excluding carboxylic acids is 2. The third-order valence-corrected chi connectivity index (χ3v) is 7.31. The van der Waals surface area contributed by atoms with Gasteiger partial charge >= 0.3 is 12.2 Å². The summed E-state index contributed by atoms with van der Waals surface area (Å²) in [5, 5.41) is 0. The highest BCUT2D eigenvalue weighted by atomic mass is 16.6. The van der Waals surface area contributed by atoms with Crippen LogP contribution in [0.1, 0.15) is 58.5 Å².